The number of aryl methyl sites for hydroxylation is 1. The first-order valence-electron chi connectivity index (χ1n) is 7.61. The van der Waals surface area contributed by atoms with Crippen LogP contribution in [0.2, 0.25) is 0 Å². The maximum Gasteiger partial charge on any atom is 0.347 e. The van der Waals surface area contributed by atoms with Crippen LogP contribution in [0.25, 0.3) is 0 Å². The number of rotatable bonds is 5. The van der Waals surface area contributed by atoms with Gasteiger partial charge in [0.15, 0.2) is 0 Å². The third-order valence-corrected chi connectivity index (χ3v) is 5.12. The quantitative estimate of drug-likeness (QED) is 0.836. The summed E-state index contributed by atoms with van der Waals surface area (Å²) in [5.74, 6) is -1.19. The number of aromatic nitrogens is 1. The fraction of sp³-hybridized carbons (Fsp3) is 0.600. The zero-order valence-corrected chi connectivity index (χ0v) is 14.1. The lowest BCUT2D eigenvalue weighted by molar-refractivity contribution is -0.133. The molecule has 1 aliphatic heterocycles. The van der Waals surface area contributed by atoms with E-state index in [2.05, 4.69) is 10.3 Å². The second-order valence-corrected chi connectivity index (χ2v) is 6.76. The standard InChI is InChI=1S/C15H21N3O4S/c1-9-13(15(21)22)23-12(17-9)5-6-16-14(20)11-4-3-7-18(8-11)10(2)19/h11H,3-8H2,1-2H3,(H,16,20)(H,21,22)/t11-/m1/s1. The van der Waals surface area contributed by atoms with Crippen LogP contribution in [0, 0.1) is 12.8 Å². The molecule has 0 saturated carbocycles. The average Bonchev–Trinajstić information content (AvgIpc) is 2.88. The lowest BCUT2D eigenvalue weighted by atomic mass is 9.97. The molecule has 1 aliphatic rings. The van der Waals surface area contributed by atoms with E-state index in [4.69, 9.17) is 5.11 Å². The molecule has 23 heavy (non-hydrogen) atoms. The van der Waals surface area contributed by atoms with Crippen LogP contribution < -0.4 is 5.32 Å². The highest BCUT2D eigenvalue weighted by atomic mass is 32.1. The highest BCUT2D eigenvalue weighted by molar-refractivity contribution is 7.13. The Balaban J connectivity index is 1.81. The van der Waals surface area contributed by atoms with Crippen molar-refractivity contribution in [2.24, 2.45) is 5.92 Å². The van der Waals surface area contributed by atoms with Gasteiger partial charge in [-0.2, -0.15) is 0 Å². The van der Waals surface area contributed by atoms with Gasteiger partial charge in [0.05, 0.1) is 16.6 Å². The third-order valence-electron chi connectivity index (χ3n) is 3.91. The molecule has 0 radical (unpaired) electrons. The molecule has 2 heterocycles. The smallest absolute Gasteiger partial charge is 0.347 e. The number of carboxylic acids is 1. The number of likely N-dealkylation sites (tertiary alicyclic amines) is 1. The summed E-state index contributed by atoms with van der Waals surface area (Å²) in [6, 6.07) is 0. The van der Waals surface area contributed by atoms with Crippen LogP contribution in [0.15, 0.2) is 0 Å². The van der Waals surface area contributed by atoms with Crippen molar-refractivity contribution in [3.8, 4) is 0 Å². The zero-order chi connectivity index (χ0) is 17.0. The maximum atomic E-state index is 12.2. The molecule has 126 valence electrons. The highest BCUT2D eigenvalue weighted by Gasteiger charge is 2.26. The van der Waals surface area contributed by atoms with Gasteiger partial charge in [-0.3, -0.25) is 9.59 Å². The van der Waals surface area contributed by atoms with E-state index in [1.54, 1.807) is 11.8 Å². The van der Waals surface area contributed by atoms with Crippen molar-refractivity contribution in [3.05, 3.63) is 15.6 Å². The summed E-state index contributed by atoms with van der Waals surface area (Å²) in [6.45, 7) is 4.79. The van der Waals surface area contributed by atoms with Crippen LogP contribution in [-0.2, 0) is 16.0 Å². The number of amides is 2. The molecular weight excluding hydrogens is 318 g/mol. The van der Waals surface area contributed by atoms with E-state index in [0.717, 1.165) is 30.7 Å². The van der Waals surface area contributed by atoms with Crippen molar-refractivity contribution in [2.75, 3.05) is 19.6 Å². The molecule has 0 aromatic carbocycles. The summed E-state index contributed by atoms with van der Waals surface area (Å²) in [7, 11) is 0. The number of aromatic carboxylic acids is 1. The van der Waals surface area contributed by atoms with Gasteiger partial charge in [-0.1, -0.05) is 0 Å². The molecule has 2 rings (SSSR count). The first kappa shape index (κ1) is 17.4. The van der Waals surface area contributed by atoms with E-state index in [0.29, 0.717) is 30.2 Å². The molecule has 1 fully saturated rings. The molecule has 1 aromatic heterocycles. The molecule has 2 amide bonds. The topological polar surface area (TPSA) is 99.6 Å². The maximum absolute atomic E-state index is 12.2. The monoisotopic (exact) mass is 339 g/mol. The number of carbonyl (C=O) groups excluding carboxylic acids is 2. The molecule has 1 atom stereocenters. The van der Waals surface area contributed by atoms with Gasteiger partial charge in [0.25, 0.3) is 0 Å². The predicted molar refractivity (Wildman–Crippen MR) is 85.5 cm³/mol. The molecule has 0 aliphatic carbocycles. The van der Waals surface area contributed by atoms with Crippen LogP contribution in [0.4, 0.5) is 0 Å². The lowest BCUT2D eigenvalue weighted by Crippen LogP contribution is -2.45. The molecule has 2 N–H and O–H groups in total. The van der Waals surface area contributed by atoms with Gasteiger partial charge < -0.3 is 15.3 Å². The second-order valence-electron chi connectivity index (χ2n) is 5.67. The average molecular weight is 339 g/mol. The highest BCUT2D eigenvalue weighted by Crippen LogP contribution is 2.19. The summed E-state index contributed by atoms with van der Waals surface area (Å²) in [4.78, 5) is 40.7. The SMILES string of the molecule is CC(=O)N1CCC[C@@H](C(=O)NCCc2nc(C)c(C(=O)O)s2)C1. The van der Waals surface area contributed by atoms with Crippen LogP contribution in [0.1, 0.15) is 40.1 Å². The Morgan fingerprint density at radius 3 is 2.78 bits per heavy atom. The number of hydrogen-bond donors (Lipinski definition) is 2. The summed E-state index contributed by atoms with van der Waals surface area (Å²) in [5.41, 5.74) is 0.508. The van der Waals surface area contributed by atoms with Crippen molar-refractivity contribution in [1.29, 1.82) is 0 Å². The predicted octanol–water partition coefficient (Wildman–Crippen LogP) is 1.07. The minimum atomic E-state index is -0.971. The van der Waals surface area contributed by atoms with Crippen LogP contribution in [0.3, 0.4) is 0 Å². The Kier molecular flexibility index (Phi) is 5.70. The van der Waals surface area contributed by atoms with Gasteiger partial charge in [0, 0.05) is 33.0 Å². The van der Waals surface area contributed by atoms with Crippen LogP contribution in [0.5, 0.6) is 0 Å². The van der Waals surface area contributed by atoms with E-state index < -0.39 is 5.97 Å². The number of nitrogens with one attached hydrogen (secondary N) is 1. The summed E-state index contributed by atoms with van der Waals surface area (Å²) >= 11 is 1.14. The van der Waals surface area contributed by atoms with Crippen molar-refractivity contribution < 1.29 is 19.5 Å². The molecular formula is C15H21N3O4S. The van der Waals surface area contributed by atoms with E-state index in [1.165, 1.54) is 6.92 Å². The van der Waals surface area contributed by atoms with Crippen LogP contribution >= 0.6 is 11.3 Å². The van der Waals surface area contributed by atoms with Gasteiger partial charge in [-0.15, -0.1) is 11.3 Å². The van der Waals surface area contributed by atoms with Gasteiger partial charge in [0.1, 0.15) is 4.88 Å². The normalized spacial score (nSPS) is 17.8. The largest absolute Gasteiger partial charge is 0.477 e. The fourth-order valence-electron chi connectivity index (χ4n) is 2.67. The van der Waals surface area contributed by atoms with Crippen LogP contribution in [-0.4, -0.2) is 52.4 Å². The fourth-order valence-corrected chi connectivity index (χ4v) is 3.57. The zero-order valence-electron chi connectivity index (χ0n) is 13.3. The summed E-state index contributed by atoms with van der Waals surface area (Å²) in [5, 5.41) is 12.6. The molecule has 7 nitrogen and oxygen atoms in total. The molecule has 1 saturated heterocycles. The van der Waals surface area contributed by atoms with Crippen molar-refractivity contribution in [1.82, 2.24) is 15.2 Å². The molecule has 0 spiro atoms. The Morgan fingerprint density at radius 1 is 1.43 bits per heavy atom. The van der Waals surface area contributed by atoms with E-state index in [-0.39, 0.29) is 22.6 Å². The second kappa shape index (κ2) is 7.54. The molecule has 0 bridgehead atoms. The first-order valence-corrected chi connectivity index (χ1v) is 8.43. The Bertz CT molecular complexity index is 614. The lowest BCUT2D eigenvalue weighted by Gasteiger charge is -2.31. The Labute approximate surface area is 138 Å². The number of thiazole rings is 1. The number of carbonyl (C=O) groups is 3. The summed E-state index contributed by atoms with van der Waals surface area (Å²) in [6.07, 6.45) is 2.13. The molecule has 8 heteroatoms. The Morgan fingerprint density at radius 2 is 2.17 bits per heavy atom. The molecule has 1 aromatic rings. The number of nitrogens with zero attached hydrogens (tertiary/aromatic N) is 2. The van der Waals surface area contributed by atoms with E-state index in [1.807, 2.05) is 0 Å². The Hall–Kier alpha value is -1.96. The first-order chi connectivity index (χ1) is 10.9. The van der Waals surface area contributed by atoms with Gasteiger partial charge in [0.2, 0.25) is 11.8 Å². The van der Waals surface area contributed by atoms with Crippen molar-refractivity contribution in [3.63, 3.8) is 0 Å². The van der Waals surface area contributed by atoms with E-state index >= 15 is 0 Å². The number of carboxylic acid groups (broad SMARTS) is 1. The van der Waals surface area contributed by atoms with E-state index in [9.17, 15) is 14.4 Å². The minimum Gasteiger partial charge on any atom is -0.477 e. The molecule has 0 unspecified atom stereocenters. The van der Waals surface area contributed by atoms with Crippen molar-refractivity contribution in [2.45, 2.75) is 33.1 Å². The minimum absolute atomic E-state index is 0.00182. The van der Waals surface area contributed by atoms with Gasteiger partial charge >= 0.3 is 5.97 Å². The number of piperidine rings is 1. The number of hydrogen-bond acceptors (Lipinski definition) is 5. The summed E-state index contributed by atoms with van der Waals surface area (Å²) < 4.78 is 0. The van der Waals surface area contributed by atoms with Gasteiger partial charge in [-0.25, -0.2) is 9.78 Å². The van der Waals surface area contributed by atoms with Crippen molar-refractivity contribution >= 4 is 29.1 Å². The van der Waals surface area contributed by atoms with Gasteiger partial charge in [-0.05, 0) is 19.8 Å². The third kappa shape index (κ3) is 4.51.